The number of hydrogen-bond donors (Lipinski definition) is 3. The molecule has 75 heavy (non-hydrogen) atoms. The molecule has 0 saturated carbocycles. The molecule has 0 aliphatic heterocycles. The molecule has 0 spiro atoms. The zero-order valence-corrected chi connectivity index (χ0v) is 50.5. The van der Waals surface area contributed by atoms with Crippen molar-refractivity contribution in [2.45, 2.75) is 379 Å². The Morgan fingerprint density at radius 3 is 1.04 bits per heavy atom. The molecule has 0 heterocycles. The first-order valence-corrected chi connectivity index (χ1v) is 33.8. The van der Waals surface area contributed by atoms with E-state index in [1.54, 1.807) is 6.08 Å². The molecule has 0 aromatic heterocycles. The predicted octanol–water partition coefficient (Wildman–Crippen LogP) is 21.5. The Hall–Kier alpha value is -1.92. The van der Waals surface area contributed by atoms with Crippen LogP contribution in [0.15, 0.2) is 36.5 Å². The molecule has 0 saturated heterocycles. The molecule has 2 atom stereocenters. The summed E-state index contributed by atoms with van der Waals surface area (Å²) in [5.74, 6) is -0.0660. The first kappa shape index (κ1) is 73.1. The van der Waals surface area contributed by atoms with Gasteiger partial charge < -0.3 is 20.3 Å². The van der Waals surface area contributed by atoms with Gasteiger partial charge in [-0.05, 0) is 64.2 Å². The normalized spacial score (nSPS) is 12.7. The van der Waals surface area contributed by atoms with Crippen LogP contribution in [0.25, 0.3) is 0 Å². The van der Waals surface area contributed by atoms with Gasteiger partial charge in [0.05, 0.1) is 25.4 Å². The molecule has 0 bridgehead atoms. The molecule has 2 unspecified atom stereocenters. The predicted molar refractivity (Wildman–Crippen MR) is 329 cm³/mol. The van der Waals surface area contributed by atoms with E-state index in [0.29, 0.717) is 19.4 Å². The standard InChI is InChI=1S/C69H131NO5/c1-3-5-7-9-11-13-15-17-19-20-21-24-27-30-34-37-41-45-49-53-57-61-67(72)66(65-71)70-68(73)62-58-54-50-46-42-38-35-31-28-25-22-23-26-29-32-36-40-44-48-52-56-60-64-75-69(74)63-59-55-51-47-43-39-33-18-16-14-12-10-8-6-4-2/h12,14,18,33,57,61,66-67,71-72H,3-11,13,15-17,19-32,34-56,58-60,62-65H2,1-2H3,(H,70,73)/b14-12-,33-18-,61-57+. The molecule has 0 aromatic rings. The molecule has 0 aliphatic carbocycles. The highest BCUT2D eigenvalue weighted by molar-refractivity contribution is 5.76. The molecule has 6 heteroatoms. The van der Waals surface area contributed by atoms with Gasteiger partial charge in [0, 0.05) is 12.8 Å². The number of aliphatic hydroxyl groups is 2. The van der Waals surface area contributed by atoms with Crippen LogP contribution in [0.2, 0.25) is 0 Å². The molecular weight excluding hydrogens is 923 g/mol. The molecule has 0 fully saturated rings. The monoisotopic (exact) mass is 1050 g/mol. The van der Waals surface area contributed by atoms with Crippen LogP contribution in [0.1, 0.15) is 367 Å². The number of esters is 1. The summed E-state index contributed by atoms with van der Waals surface area (Å²) in [6.07, 6.45) is 82.0. The van der Waals surface area contributed by atoms with Crippen molar-refractivity contribution >= 4 is 11.9 Å². The van der Waals surface area contributed by atoms with Gasteiger partial charge in [0.1, 0.15) is 0 Å². The second kappa shape index (κ2) is 64.6. The largest absolute Gasteiger partial charge is 0.466 e. The average Bonchev–Trinajstić information content (AvgIpc) is 3.41. The lowest BCUT2D eigenvalue weighted by molar-refractivity contribution is -0.143. The van der Waals surface area contributed by atoms with Crippen molar-refractivity contribution in [1.29, 1.82) is 0 Å². The third-order valence-electron chi connectivity index (χ3n) is 15.7. The SMILES string of the molecule is CCCCC/C=C\C/C=C\CCCCCCCC(=O)OCCCCCCCCCCCCCCCCCCCCCCCCC(=O)NC(CO)C(O)/C=C/CCCCCCCCCCCCCCCCCCCCC. The maximum absolute atomic E-state index is 12.5. The highest BCUT2D eigenvalue weighted by atomic mass is 16.5. The highest BCUT2D eigenvalue weighted by Gasteiger charge is 2.18. The van der Waals surface area contributed by atoms with E-state index in [4.69, 9.17) is 4.74 Å². The number of ether oxygens (including phenoxy) is 1. The van der Waals surface area contributed by atoms with Crippen LogP contribution in [0.3, 0.4) is 0 Å². The van der Waals surface area contributed by atoms with Gasteiger partial charge in [-0.3, -0.25) is 9.59 Å². The van der Waals surface area contributed by atoms with Crippen molar-refractivity contribution in [2.75, 3.05) is 13.2 Å². The van der Waals surface area contributed by atoms with Crippen molar-refractivity contribution in [3.8, 4) is 0 Å². The molecule has 0 aromatic carbocycles. The van der Waals surface area contributed by atoms with Crippen LogP contribution in [0.4, 0.5) is 0 Å². The first-order chi connectivity index (χ1) is 37.0. The minimum absolute atomic E-state index is 0.000901. The number of rotatable bonds is 63. The molecule has 442 valence electrons. The molecule has 0 radical (unpaired) electrons. The van der Waals surface area contributed by atoms with Crippen LogP contribution in [0, 0.1) is 0 Å². The second-order valence-corrected chi connectivity index (χ2v) is 23.2. The van der Waals surface area contributed by atoms with E-state index in [1.807, 2.05) is 6.08 Å². The Kier molecular flexibility index (Phi) is 63.0. The third kappa shape index (κ3) is 61.2. The minimum Gasteiger partial charge on any atom is -0.466 e. The Morgan fingerprint density at radius 2 is 0.667 bits per heavy atom. The van der Waals surface area contributed by atoms with E-state index in [1.165, 1.54) is 289 Å². The summed E-state index contributed by atoms with van der Waals surface area (Å²) in [7, 11) is 0. The van der Waals surface area contributed by atoms with Gasteiger partial charge in [0.2, 0.25) is 5.91 Å². The number of aliphatic hydroxyl groups excluding tert-OH is 2. The highest BCUT2D eigenvalue weighted by Crippen LogP contribution is 2.18. The topological polar surface area (TPSA) is 95.9 Å². The maximum Gasteiger partial charge on any atom is 0.305 e. The summed E-state index contributed by atoms with van der Waals surface area (Å²) >= 11 is 0. The van der Waals surface area contributed by atoms with Gasteiger partial charge >= 0.3 is 5.97 Å². The Balaban J connectivity index is 3.42. The number of nitrogens with one attached hydrogen (secondary N) is 1. The summed E-state index contributed by atoms with van der Waals surface area (Å²) in [6, 6.07) is -0.629. The van der Waals surface area contributed by atoms with Gasteiger partial charge in [0.15, 0.2) is 0 Å². The first-order valence-electron chi connectivity index (χ1n) is 33.8. The summed E-state index contributed by atoms with van der Waals surface area (Å²) in [5, 5.41) is 23.2. The number of carbonyl (C=O) groups is 2. The van der Waals surface area contributed by atoms with E-state index in [0.717, 1.165) is 51.4 Å². The summed E-state index contributed by atoms with van der Waals surface area (Å²) in [5.41, 5.74) is 0. The lowest BCUT2D eigenvalue weighted by Gasteiger charge is -2.20. The van der Waals surface area contributed by atoms with E-state index in [-0.39, 0.29) is 18.5 Å². The quantitative estimate of drug-likeness (QED) is 0.0320. The van der Waals surface area contributed by atoms with E-state index in [9.17, 15) is 19.8 Å². The van der Waals surface area contributed by atoms with Crippen molar-refractivity contribution in [1.82, 2.24) is 5.32 Å². The molecule has 0 aliphatic rings. The van der Waals surface area contributed by atoms with Gasteiger partial charge in [-0.25, -0.2) is 0 Å². The molecule has 0 rings (SSSR count). The van der Waals surface area contributed by atoms with Crippen LogP contribution >= 0.6 is 0 Å². The second-order valence-electron chi connectivity index (χ2n) is 23.2. The van der Waals surface area contributed by atoms with Crippen LogP contribution in [-0.2, 0) is 14.3 Å². The van der Waals surface area contributed by atoms with Crippen molar-refractivity contribution < 1.29 is 24.5 Å². The number of carbonyl (C=O) groups excluding carboxylic acids is 2. The number of allylic oxidation sites excluding steroid dienone is 5. The fourth-order valence-electron chi connectivity index (χ4n) is 10.5. The zero-order valence-electron chi connectivity index (χ0n) is 50.5. The number of amides is 1. The summed E-state index contributed by atoms with van der Waals surface area (Å²) in [6.45, 7) is 4.90. The lowest BCUT2D eigenvalue weighted by Crippen LogP contribution is -2.45. The minimum atomic E-state index is -0.846. The van der Waals surface area contributed by atoms with Crippen LogP contribution in [0.5, 0.6) is 0 Å². The van der Waals surface area contributed by atoms with E-state index < -0.39 is 12.1 Å². The van der Waals surface area contributed by atoms with Gasteiger partial charge in [-0.15, -0.1) is 0 Å². The van der Waals surface area contributed by atoms with Gasteiger partial charge in [-0.1, -0.05) is 326 Å². The van der Waals surface area contributed by atoms with Crippen LogP contribution in [-0.4, -0.2) is 47.4 Å². The van der Waals surface area contributed by atoms with Crippen molar-refractivity contribution in [2.24, 2.45) is 0 Å². The fourth-order valence-corrected chi connectivity index (χ4v) is 10.5. The average molecular weight is 1050 g/mol. The zero-order chi connectivity index (χ0) is 54.3. The Bertz CT molecular complexity index is 1210. The van der Waals surface area contributed by atoms with Crippen molar-refractivity contribution in [3.63, 3.8) is 0 Å². The molecule has 1 amide bonds. The van der Waals surface area contributed by atoms with E-state index in [2.05, 4.69) is 43.5 Å². The fraction of sp³-hybridized carbons (Fsp3) is 0.884. The smallest absolute Gasteiger partial charge is 0.305 e. The van der Waals surface area contributed by atoms with Gasteiger partial charge in [0.25, 0.3) is 0 Å². The summed E-state index contributed by atoms with van der Waals surface area (Å²) < 4.78 is 5.48. The Labute approximate surface area is 468 Å². The number of unbranched alkanes of at least 4 members (excludes halogenated alkanes) is 48. The van der Waals surface area contributed by atoms with Crippen LogP contribution < -0.4 is 5.32 Å². The Morgan fingerprint density at radius 1 is 0.373 bits per heavy atom. The third-order valence-corrected chi connectivity index (χ3v) is 15.7. The summed E-state index contributed by atoms with van der Waals surface area (Å²) in [4.78, 5) is 24.6. The molecule has 3 N–H and O–H groups in total. The van der Waals surface area contributed by atoms with Crippen molar-refractivity contribution in [3.05, 3.63) is 36.5 Å². The van der Waals surface area contributed by atoms with Gasteiger partial charge in [-0.2, -0.15) is 0 Å². The molecule has 6 nitrogen and oxygen atoms in total. The maximum atomic E-state index is 12.5. The lowest BCUT2D eigenvalue weighted by atomic mass is 10.0. The molecular formula is C69H131NO5. The number of hydrogen-bond acceptors (Lipinski definition) is 5. The van der Waals surface area contributed by atoms with E-state index >= 15 is 0 Å².